The maximum Gasteiger partial charge on any atom is 0.155 e. The molecule has 0 bridgehead atoms. The topological polar surface area (TPSA) is 50.2 Å². The van der Waals surface area contributed by atoms with Crippen LogP contribution in [0.4, 0.5) is 0 Å². The molecule has 1 aromatic heterocycles. The minimum absolute atomic E-state index is 0. The molecule has 1 radical (unpaired) electrons. The minimum atomic E-state index is -0.125. The summed E-state index contributed by atoms with van der Waals surface area (Å²) in [4.78, 5) is 15.1. The average Bonchev–Trinajstić information content (AvgIpc) is 3.34. The Bertz CT molecular complexity index is 1790. The van der Waals surface area contributed by atoms with E-state index in [1.165, 1.54) is 69.8 Å². The Kier molecular flexibility index (Phi) is 6.88. The fourth-order valence-electron chi connectivity index (χ4n) is 5.90. The number of fused-ring (bicyclic) bond motifs is 6. The molecule has 2 aliphatic carbocycles. The number of pyridine rings is 1. The van der Waals surface area contributed by atoms with Crippen molar-refractivity contribution in [3.05, 3.63) is 114 Å². The zero-order chi connectivity index (χ0) is 26.6. The molecule has 0 aliphatic heterocycles. The zero-order valence-corrected chi connectivity index (χ0v) is 24.7. The van der Waals surface area contributed by atoms with E-state index in [0.717, 1.165) is 16.8 Å². The summed E-state index contributed by atoms with van der Waals surface area (Å²) in [6.45, 7) is 7.46. The van der Waals surface area contributed by atoms with Crippen molar-refractivity contribution in [2.24, 2.45) is 0 Å². The molecule has 39 heavy (non-hydrogen) atoms. The predicted octanol–water partition coefficient (Wildman–Crippen LogP) is 8.69. The summed E-state index contributed by atoms with van der Waals surface area (Å²) in [5.41, 5.74) is 13.6. The van der Waals surface area contributed by atoms with E-state index in [0.29, 0.717) is 0 Å². The third-order valence-electron chi connectivity index (χ3n) is 7.54. The molecule has 195 valence electrons. The van der Waals surface area contributed by atoms with Gasteiger partial charge in [-0.05, 0) is 64.4 Å². The number of ketones is 1. The maximum atomic E-state index is 10.0. The number of carbonyl (C=O) groups excluding carboxylic acids is 1. The second-order valence-corrected chi connectivity index (χ2v) is 10.5. The number of aliphatic hydroxyl groups excluding tert-OH is 1. The second-order valence-electron chi connectivity index (χ2n) is 10.5. The number of rotatable bonds is 2. The molecular formula is C35H28IrNO2-. The van der Waals surface area contributed by atoms with Crippen LogP contribution in [0.5, 0.6) is 0 Å². The van der Waals surface area contributed by atoms with Gasteiger partial charge in [0.05, 0.1) is 11.3 Å². The molecule has 4 aromatic carbocycles. The summed E-state index contributed by atoms with van der Waals surface area (Å²) in [5, 5.41) is 9.63. The van der Waals surface area contributed by atoms with Crippen molar-refractivity contribution < 1.29 is 30.0 Å². The van der Waals surface area contributed by atoms with Gasteiger partial charge in [-0.2, -0.15) is 0 Å². The molecule has 0 amide bonds. The summed E-state index contributed by atoms with van der Waals surface area (Å²) in [6, 6.07) is 34.2. The van der Waals surface area contributed by atoms with Crippen LogP contribution in [0.25, 0.3) is 55.5 Å². The fourth-order valence-corrected chi connectivity index (χ4v) is 5.90. The number of carbonyl (C=O) groups is 1. The number of allylic oxidation sites excluding steroid dienone is 2. The molecule has 1 heterocycles. The number of hydrogen-bond donors (Lipinski definition) is 1. The summed E-state index contributed by atoms with van der Waals surface area (Å²) in [7, 11) is 0. The molecule has 1 N–H and O–H groups in total. The van der Waals surface area contributed by atoms with E-state index in [9.17, 15) is 4.79 Å². The van der Waals surface area contributed by atoms with Crippen LogP contribution in [0.15, 0.2) is 96.8 Å². The second kappa shape index (κ2) is 10.0. The molecule has 0 saturated heterocycles. The first-order chi connectivity index (χ1) is 18.3. The smallest absolute Gasteiger partial charge is 0.155 e. The zero-order valence-electron chi connectivity index (χ0n) is 22.3. The molecule has 0 saturated carbocycles. The van der Waals surface area contributed by atoms with Gasteiger partial charge in [0.25, 0.3) is 0 Å². The van der Waals surface area contributed by atoms with Crippen LogP contribution < -0.4 is 0 Å². The van der Waals surface area contributed by atoms with E-state index in [-0.39, 0.29) is 37.1 Å². The van der Waals surface area contributed by atoms with Gasteiger partial charge in [-0.25, -0.2) is 0 Å². The van der Waals surface area contributed by atoms with Gasteiger partial charge >= 0.3 is 0 Å². The Balaban J connectivity index is 0.000000345. The van der Waals surface area contributed by atoms with Crippen molar-refractivity contribution in [3.8, 4) is 44.6 Å². The first kappa shape index (κ1) is 26.7. The number of aliphatic hydroxyl groups is 1. The molecule has 7 rings (SSSR count). The van der Waals surface area contributed by atoms with Crippen molar-refractivity contribution in [2.45, 2.75) is 33.1 Å². The van der Waals surface area contributed by atoms with E-state index < -0.39 is 0 Å². The fraction of sp³-hybridized carbons (Fsp3) is 0.143. The van der Waals surface area contributed by atoms with Gasteiger partial charge in [0.15, 0.2) is 5.78 Å². The van der Waals surface area contributed by atoms with E-state index >= 15 is 0 Å². The monoisotopic (exact) mass is 687 g/mol. The number of hydrogen-bond acceptors (Lipinski definition) is 3. The van der Waals surface area contributed by atoms with Gasteiger partial charge in [-0.3, -0.25) is 9.78 Å². The van der Waals surface area contributed by atoms with E-state index in [4.69, 9.17) is 10.1 Å². The molecular weight excluding hydrogens is 659 g/mol. The first-order valence-corrected chi connectivity index (χ1v) is 12.8. The van der Waals surface area contributed by atoms with E-state index in [1.54, 1.807) is 0 Å². The minimum Gasteiger partial charge on any atom is -0.512 e. The normalized spacial score (nSPS) is 13.5. The van der Waals surface area contributed by atoms with E-state index in [1.807, 2.05) is 0 Å². The van der Waals surface area contributed by atoms with Crippen LogP contribution in [-0.4, -0.2) is 15.9 Å². The van der Waals surface area contributed by atoms with Crippen molar-refractivity contribution in [3.63, 3.8) is 0 Å². The van der Waals surface area contributed by atoms with E-state index in [2.05, 4.69) is 105 Å². The average molecular weight is 687 g/mol. The SMILES string of the molecule is CC(=O)/C=C(/C)O.CC1(C)c2c[c-]c(-c3cc4c5c(cccc5n3)-c3ccccc3-4)cc2-c2ccccc21.[Ir]. The van der Waals surface area contributed by atoms with Gasteiger partial charge in [0.1, 0.15) is 0 Å². The van der Waals surface area contributed by atoms with Gasteiger partial charge in [-0.1, -0.05) is 86.1 Å². The molecule has 2 aliphatic rings. The van der Waals surface area contributed by atoms with Gasteiger partial charge in [-0.15, -0.1) is 29.3 Å². The van der Waals surface area contributed by atoms with Gasteiger partial charge < -0.3 is 5.11 Å². The Morgan fingerprint density at radius 3 is 2.10 bits per heavy atom. The molecule has 5 aromatic rings. The molecule has 0 atom stereocenters. The van der Waals surface area contributed by atoms with Crippen LogP contribution >= 0.6 is 0 Å². The van der Waals surface area contributed by atoms with Crippen LogP contribution in [0.1, 0.15) is 38.8 Å². The van der Waals surface area contributed by atoms with Crippen molar-refractivity contribution in [1.29, 1.82) is 0 Å². The summed E-state index contributed by atoms with van der Waals surface area (Å²) in [6.07, 6.45) is 1.17. The van der Waals surface area contributed by atoms with Crippen LogP contribution in [0, 0.1) is 6.07 Å². The van der Waals surface area contributed by atoms with Crippen LogP contribution in [-0.2, 0) is 30.3 Å². The first-order valence-electron chi connectivity index (χ1n) is 12.8. The quantitative estimate of drug-likeness (QED) is 0.113. The van der Waals surface area contributed by atoms with Gasteiger partial charge in [0.2, 0.25) is 0 Å². The third-order valence-corrected chi connectivity index (χ3v) is 7.54. The molecule has 0 fully saturated rings. The summed E-state index contributed by atoms with van der Waals surface area (Å²) >= 11 is 0. The van der Waals surface area contributed by atoms with Crippen molar-refractivity contribution in [2.75, 3.05) is 0 Å². The van der Waals surface area contributed by atoms with Crippen LogP contribution in [0.2, 0.25) is 0 Å². The molecule has 0 spiro atoms. The number of nitrogens with zero attached hydrogens (tertiary/aromatic N) is 1. The third kappa shape index (κ3) is 4.44. The Morgan fingerprint density at radius 1 is 0.795 bits per heavy atom. The summed E-state index contributed by atoms with van der Waals surface area (Å²) in [5.74, 6) is -0.0625. The van der Waals surface area contributed by atoms with Crippen molar-refractivity contribution in [1.82, 2.24) is 4.98 Å². The largest absolute Gasteiger partial charge is 0.512 e. The standard InChI is InChI=1S/C30H20N.C5H8O2.Ir/c1-30(2)25-12-6-5-10-21(25)23-16-18(14-15-26(23)30)28-17-24-20-9-4-3-8-19(20)22-11-7-13-27(31-28)29(22)24;1-4(6)3-5(2)7;/h3-13,15-17H,1-2H3;3,6H,1-2H3;/q-1;;/b;4-3-;. The Hall–Kier alpha value is -3.85. The Morgan fingerprint density at radius 2 is 1.44 bits per heavy atom. The number of aromatic nitrogens is 1. The predicted molar refractivity (Wildman–Crippen MR) is 155 cm³/mol. The Labute approximate surface area is 242 Å². The molecule has 3 nitrogen and oxygen atoms in total. The molecule has 0 unspecified atom stereocenters. The maximum absolute atomic E-state index is 10.0. The molecule has 4 heteroatoms. The van der Waals surface area contributed by atoms with Crippen molar-refractivity contribution >= 4 is 16.7 Å². The van der Waals surface area contributed by atoms with Crippen LogP contribution in [0.3, 0.4) is 0 Å². The summed E-state index contributed by atoms with van der Waals surface area (Å²) < 4.78 is 0. The van der Waals surface area contributed by atoms with Gasteiger partial charge in [0, 0.05) is 31.6 Å². The number of benzene rings is 4.